The number of hydrogen-bond donors (Lipinski definition) is 0. The summed E-state index contributed by atoms with van der Waals surface area (Å²) in [6.45, 7) is 6.77. The van der Waals surface area contributed by atoms with Crippen LogP contribution >= 0.6 is 0 Å². The van der Waals surface area contributed by atoms with Crippen LogP contribution in [0.2, 0.25) is 19.6 Å². The highest BCUT2D eigenvalue weighted by molar-refractivity contribution is 6.70. The van der Waals surface area contributed by atoms with Crippen molar-refractivity contribution >= 4 is 8.32 Å². The molecule has 2 nitrogen and oxygen atoms in total. The Hall–Kier alpha value is -1.22. The smallest absolute Gasteiger partial charge is 0.241 e. The van der Waals surface area contributed by atoms with Crippen LogP contribution in [-0.4, -0.2) is 15.4 Å². The largest absolute Gasteiger partial charge is 0.548 e. The molecule has 21 heavy (non-hydrogen) atoms. The maximum atomic E-state index is 6.18. The normalized spacial score (nSPS) is 19.0. The molecular formula is C18H28O2Si. The minimum Gasteiger partial charge on any atom is -0.548 e. The maximum Gasteiger partial charge on any atom is 0.241 e. The Balaban J connectivity index is 1.91. The summed E-state index contributed by atoms with van der Waals surface area (Å²) in [5.74, 6) is 2.86. The molecule has 1 aromatic rings. The molecule has 1 atom stereocenters. The molecule has 0 amide bonds. The molecule has 0 aromatic heterocycles. The van der Waals surface area contributed by atoms with Gasteiger partial charge in [0.15, 0.2) is 0 Å². The first kappa shape index (κ1) is 16.2. The Morgan fingerprint density at radius 1 is 1.24 bits per heavy atom. The molecule has 0 radical (unpaired) electrons. The van der Waals surface area contributed by atoms with Gasteiger partial charge < -0.3 is 9.16 Å². The molecule has 0 saturated carbocycles. The highest BCUT2D eigenvalue weighted by Crippen LogP contribution is 2.29. The molecule has 1 aliphatic rings. The number of ether oxygens (including phenoxy) is 1. The molecule has 1 aliphatic carbocycles. The van der Waals surface area contributed by atoms with Gasteiger partial charge in [-0.2, -0.15) is 0 Å². The summed E-state index contributed by atoms with van der Waals surface area (Å²) in [6, 6.07) is 8.41. The van der Waals surface area contributed by atoms with E-state index in [4.69, 9.17) is 9.16 Å². The predicted molar refractivity (Wildman–Crippen MR) is 91.2 cm³/mol. The summed E-state index contributed by atoms with van der Waals surface area (Å²) in [5.41, 5.74) is 1.36. The molecule has 0 N–H and O–H groups in total. The van der Waals surface area contributed by atoms with Crippen molar-refractivity contribution in [3.63, 3.8) is 0 Å². The lowest BCUT2D eigenvalue weighted by atomic mass is 9.89. The second-order valence-corrected chi connectivity index (χ2v) is 11.3. The molecule has 0 bridgehead atoms. The summed E-state index contributed by atoms with van der Waals surface area (Å²) >= 11 is 0. The lowest BCUT2D eigenvalue weighted by Crippen LogP contribution is -2.26. The number of allylic oxidation sites excluding steroid dienone is 2. The zero-order valence-electron chi connectivity index (χ0n) is 13.8. The third-order valence-electron chi connectivity index (χ3n) is 3.79. The lowest BCUT2D eigenvalue weighted by Gasteiger charge is -2.27. The van der Waals surface area contributed by atoms with Gasteiger partial charge in [-0.1, -0.05) is 12.1 Å². The van der Waals surface area contributed by atoms with Gasteiger partial charge in [0, 0.05) is 6.42 Å². The lowest BCUT2D eigenvalue weighted by molar-refractivity contribution is 0.352. The first-order chi connectivity index (χ1) is 9.96. The third-order valence-corrected chi connectivity index (χ3v) is 4.67. The van der Waals surface area contributed by atoms with Gasteiger partial charge in [-0.05, 0) is 75.0 Å². The molecule has 0 fully saturated rings. The number of rotatable bonds is 6. The van der Waals surface area contributed by atoms with Crippen molar-refractivity contribution in [2.45, 2.75) is 51.7 Å². The standard InChI is InChI=1S/C18H28O2Si/c1-19-17-9-5-7-15(13-17)11-12-16-8-6-10-18(14-16)20-21(2,3)4/h5,7,9,13-14,16H,6,8,10-12H2,1-4H3/t16-/m1/s1. The van der Waals surface area contributed by atoms with Gasteiger partial charge in [0.2, 0.25) is 8.32 Å². The molecule has 0 unspecified atom stereocenters. The van der Waals surface area contributed by atoms with E-state index in [0.717, 1.165) is 18.6 Å². The van der Waals surface area contributed by atoms with Crippen LogP contribution in [0.5, 0.6) is 5.75 Å². The SMILES string of the molecule is COc1cccc(CC[C@@H]2C=C(O[Si](C)(C)C)CCC2)c1. The first-order valence-corrected chi connectivity index (χ1v) is 11.4. The quantitative estimate of drug-likeness (QED) is 0.676. The van der Waals surface area contributed by atoms with Crippen molar-refractivity contribution in [2.24, 2.45) is 5.92 Å². The summed E-state index contributed by atoms with van der Waals surface area (Å²) in [6.07, 6.45) is 8.38. The zero-order chi connectivity index (χ0) is 15.3. The minimum absolute atomic E-state index is 0.663. The average Bonchev–Trinajstić information content (AvgIpc) is 2.44. The van der Waals surface area contributed by atoms with Crippen molar-refractivity contribution in [1.29, 1.82) is 0 Å². The van der Waals surface area contributed by atoms with Gasteiger partial charge in [0.05, 0.1) is 12.9 Å². The van der Waals surface area contributed by atoms with Gasteiger partial charge in [0.25, 0.3) is 0 Å². The zero-order valence-corrected chi connectivity index (χ0v) is 14.8. The van der Waals surface area contributed by atoms with Gasteiger partial charge in [-0.25, -0.2) is 0 Å². The predicted octanol–water partition coefficient (Wildman–Crippen LogP) is 5.16. The van der Waals surface area contributed by atoms with E-state index < -0.39 is 8.32 Å². The van der Waals surface area contributed by atoms with E-state index in [0.29, 0.717) is 5.92 Å². The second kappa shape index (κ2) is 7.17. The van der Waals surface area contributed by atoms with Crippen molar-refractivity contribution < 1.29 is 9.16 Å². The van der Waals surface area contributed by atoms with Crippen LogP contribution in [0.15, 0.2) is 36.1 Å². The number of aryl methyl sites for hydroxylation is 1. The molecule has 3 heteroatoms. The third kappa shape index (κ3) is 5.58. The molecule has 0 spiro atoms. The van der Waals surface area contributed by atoms with E-state index in [1.807, 2.05) is 6.07 Å². The van der Waals surface area contributed by atoms with Gasteiger partial charge in [0.1, 0.15) is 5.75 Å². The van der Waals surface area contributed by atoms with E-state index in [-0.39, 0.29) is 0 Å². The fourth-order valence-corrected chi connectivity index (χ4v) is 3.81. The van der Waals surface area contributed by atoms with Crippen molar-refractivity contribution in [3.05, 3.63) is 41.7 Å². The van der Waals surface area contributed by atoms with Crippen LogP contribution < -0.4 is 4.74 Å². The Morgan fingerprint density at radius 2 is 2.05 bits per heavy atom. The Morgan fingerprint density at radius 3 is 2.76 bits per heavy atom. The van der Waals surface area contributed by atoms with Crippen LogP contribution in [0.3, 0.4) is 0 Å². The van der Waals surface area contributed by atoms with Crippen LogP contribution in [0, 0.1) is 5.92 Å². The summed E-state index contributed by atoms with van der Waals surface area (Å²) < 4.78 is 11.5. The molecular weight excluding hydrogens is 276 g/mol. The highest BCUT2D eigenvalue weighted by Gasteiger charge is 2.21. The monoisotopic (exact) mass is 304 g/mol. The van der Waals surface area contributed by atoms with E-state index >= 15 is 0 Å². The Bertz CT molecular complexity index is 488. The maximum absolute atomic E-state index is 6.18. The fourth-order valence-electron chi connectivity index (χ4n) is 2.85. The molecule has 2 rings (SSSR count). The van der Waals surface area contributed by atoms with Crippen LogP contribution in [0.4, 0.5) is 0 Å². The van der Waals surface area contributed by atoms with E-state index in [9.17, 15) is 0 Å². The van der Waals surface area contributed by atoms with Gasteiger partial charge in [-0.3, -0.25) is 0 Å². The van der Waals surface area contributed by atoms with Crippen molar-refractivity contribution in [1.82, 2.24) is 0 Å². The first-order valence-electron chi connectivity index (χ1n) is 7.99. The number of benzene rings is 1. The topological polar surface area (TPSA) is 18.5 Å². The fraction of sp³-hybridized carbons (Fsp3) is 0.556. The molecule has 0 heterocycles. The van der Waals surface area contributed by atoms with Gasteiger partial charge >= 0.3 is 0 Å². The Kier molecular flexibility index (Phi) is 5.51. The highest BCUT2D eigenvalue weighted by atomic mass is 28.4. The van der Waals surface area contributed by atoms with Crippen LogP contribution in [0.25, 0.3) is 0 Å². The molecule has 116 valence electrons. The number of hydrogen-bond acceptors (Lipinski definition) is 2. The van der Waals surface area contributed by atoms with E-state index in [1.54, 1.807) is 7.11 Å². The molecule has 1 aromatic carbocycles. The average molecular weight is 305 g/mol. The summed E-state index contributed by atoms with van der Waals surface area (Å²) in [7, 11) is 0.267. The van der Waals surface area contributed by atoms with E-state index in [2.05, 4.69) is 43.9 Å². The second-order valence-electron chi connectivity index (χ2n) is 6.89. The van der Waals surface area contributed by atoms with Crippen molar-refractivity contribution in [2.75, 3.05) is 7.11 Å². The Labute approximate surface area is 130 Å². The van der Waals surface area contributed by atoms with Crippen LogP contribution in [-0.2, 0) is 10.8 Å². The summed E-state index contributed by atoms with van der Waals surface area (Å²) in [4.78, 5) is 0. The van der Waals surface area contributed by atoms with E-state index in [1.165, 1.54) is 30.6 Å². The van der Waals surface area contributed by atoms with Crippen molar-refractivity contribution in [3.8, 4) is 5.75 Å². The van der Waals surface area contributed by atoms with Crippen LogP contribution in [0.1, 0.15) is 31.2 Å². The molecule has 0 aliphatic heterocycles. The number of methoxy groups -OCH3 is 1. The molecule has 0 saturated heterocycles. The van der Waals surface area contributed by atoms with Gasteiger partial charge in [-0.15, -0.1) is 0 Å². The minimum atomic E-state index is -1.46. The summed E-state index contributed by atoms with van der Waals surface area (Å²) in [5, 5.41) is 0.